The lowest BCUT2D eigenvalue weighted by Crippen LogP contribution is -2.45. The van der Waals surface area contributed by atoms with Crippen molar-refractivity contribution in [3.05, 3.63) is 28.2 Å². The molecule has 2 amide bonds. The van der Waals surface area contributed by atoms with Gasteiger partial charge in [-0.3, -0.25) is 0 Å². The molecule has 2 saturated heterocycles. The first-order valence-electron chi connectivity index (χ1n) is 7.71. The van der Waals surface area contributed by atoms with Crippen LogP contribution in [0.3, 0.4) is 0 Å². The predicted molar refractivity (Wildman–Crippen MR) is 80.5 cm³/mol. The lowest BCUT2D eigenvalue weighted by Gasteiger charge is -2.24. The third-order valence-electron chi connectivity index (χ3n) is 4.83. The number of aryl methyl sites for hydroxylation is 1. The molecule has 4 heterocycles. The fraction of sp³-hybridized carbons (Fsp3) is 0.600. The SMILES string of the molecule is Cc1csc(C(NC(=O)N2CC3C4C=CC(O4)C3C2)C(F)(F)F)n1. The number of halogens is 3. The minimum absolute atomic E-state index is 0.0159. The summed E-state index contributed by atoms with van der Waals surface area (Å²) in [5.41, 5.74) is 0.508. The smallest absolute Gasteiger partial charge is 0.366 e. The number of carbonyl (C=O) groups is 1. The van der Waals surface area contributed by atoms with E-state index in [1.807, 2.05) is 12.2 Å². The number of rotatable bonds is 2. The highest BCUT2D eigenvalue weighted by atomic mass is 32.1. The Bertz CT molecular complexity index is 670. The Morgan fingerprint density at radius 3 is 2.50 bits per heavy atom. The van der Waals surface area contributed by atoms with Crippen LogP contribution in [0.25, 0.3) is 0 Å². The maximum Gasteiger partial charge on any atom is 0.415 e. The first-order chi connectivity index (χ1) is 11.3. The van der Waals surface area contributed by atoms with Crippen molar-refractivity contribution in [3.63, 3.8) is 0 Å². The molecule has 0 radical (unpaired) electrons. The monoisotopic (exact) mass is 359 g/mol. The summed E-state index contributed by atoms with van der Waals surface area (Å²) in [5, 5.41) is 3.52. The van der Waals surface area contributed by atoms with E-state index in [0.717, 1.165) is 11.3 Å². The fourth-order valence-corrected chi connectivity index (χ4v) is 4.57. The molecule has 0 aliphatic carbocycles. The van der Waals surface area contributed by atoms with Gasteiger partial charge >= 0.3 is 12.2 Å². The number of amides is 2. The molecule has 3 aliphatic heterocycles. The molecule has 5 atom stereocenters. The molecule has 1 aromatic rings. The van der Waals surface area contributed by atoms with Gasteiger partial charge in [-0.25, -0.2) is 9.78 Å². The van der Waals surface area contributed by atoms with Crippen molar-refractivity contribution in [1.82, 2.24) is 15.2 Å². The molecule has 3 aliphatic rings. The number of hydrogen-bond acceptors (Lipinski definition) is 4. The van der Waals surface area contributed by atoms with Crippen molar-refractivity contribution in [3.8, 4) is 0 Å². The molecule has 1 aromatic heterocycles. The third kappa shape index (κ3) is 2.59. The largest absolute Gasteiger partial charge is 0.415 e. The number of alkyl halides is 3. The van der Waals surface area contributed by atoms with E-state index in [2.05, 4.69) is 10.3 Å². The lowest BCUT2D eigenvalue weighted by molar-refractivity contribution is -0.155. The van der Waals surface area contributed by atoms with Crippen molar-refractivity contribution >= 4 is 17.4 Å². The highest BCUT2D eigenvalue weighted by Gasteiger charge is 2.52. The average molecular weight is 359 g/mol. The van der Waals surface area contributed by atoms with E-state index >= 15 is 0 Å². The molecule has 0 spiro atoms. The highest BCUT2D eigenvalue weighted by molar-refractivity contribution is 7.09. The van der Waals surface area contributed by atoms with Crippen LogP contribution in [-0.4, -0.2) is 47.4 Å². The van der Waals surface area contributed by atoms with Gasteiger partial charge in [-0.2, -0.15) is 13.2 Å². The first-order valence-corrected chi connectivity index (χ1v) is 8.59. The maximum absolute atomic E-state index is 13.3. The van der Waals surface area contributed by atoms with E-state index in [9.17, 15) is 18.0 Å². The molecule has 5 nitrogen and oxygen atoms in total. The summed E-state index contributed by atoms with van der Waals surface area (Å²) >= 11 is 0.902. The van der Waals surface area contributed by atoms with Gasteiger partial charge in [0.1, 0.15) is 5.01 Å². The third-order valence-corrected chi connectivity index (χ3v) is 5.85. The Labute approximate surface area is 140 Å². The van der Waals surface area contributed by atoms with Gasteiger partial charge in [0.2, 0.25) is 0 Å². The van der Waals surface area contributed by atoms with Crippen LogP contribution >= 0.6 is 11.3 Å². The van der Waals surface area contributed by atoms with Crippen LogP contribution in [-0.2, 0) is 4.74 Å². The van der Waals surface area contributed by atoms with Crippen LogP contribution in [0.1, 0.15) is 16.7 Å². The van der Waals surface area contributed by atoms with E-state index in [4.69, 9.17) is 4.74 Å². The molecule has 0 saturated carbocycles. The Balaban J connectivity index is 1.46. The van der Waals surface area contributed by atoms with E-state index in [-0.39, 0.29) is 29.1 Å². The number of likely N-dealkylation sites (tertiary alicyclic amines) is 1. The molecule has 4 rings (SSSR count). The van der Waals surface area contributed by atoms with Gasteiger partial charge in [0.05, 0.1) is 12.2 Å². The second-order valence-corrected chi connectivity index (χ2v) is 7.32. The maximum atomic E-state index is 13.3. The van der Waals surface area contributed by atoms with Crippen molar-refractivity contribution in [2.45, 2.75) is 31.3 Å². The number of thiazole rings is 1. The molecule has 0 aromatic carbocycles. The molecule has 130 valence electrons. The Morgan fingerprint density at radius 2 is 2.00 bits per heavy atom. The zero-order valence-corrected chi connectivity index (χ0v) is 13.6. The van der Waals surface area contributed by atoms with Gasteiger partial charge in [-0.1, -0.05) is 12.2 Å². The molecule has 2 bridgehead atoms. The summed E-state index contributed by atoms with van der Waals surface area (Å²) in [6.07, 6.45) is -0.663. The molecule has 9 heteroatoms. The summed E-state index contributed by atoms with van der Waals surface area (Å²) in [7, 11) is 0. The van der Waals surface area contributed by atoms with Gasteiger partial charge in [-0.15, -0.1) is 11.3 Å². The number of carbonyl (C=O) groups excluding carboxylic acids is 1. The Morgan fingerprint density at radius 1 is 1.38 bits per heavy atom. The summed E-state index contributed by atoms with van der Waals surface area (Å²) in [6, 6.07) is -2.77. The van der Waals surface area contributed by atoms with Crippen molar-refractivity contribution in [2.24, 2.45) is 11.8 Å². The molecule has 1 N–H and O–H groups in total. The summed E-state index contributed by atoms with van der Waals surface area (Å²) in [5.74, 6) is 0.356. The second kappa shape index (κ2) is 5.45. The van der Waals surface area contributed by atoms with Gasteiger partial charge in [0.15, 0.2) is 6.04 Å². The van der Waals surface area contributed by atoms with Crippen LogP contribution in [0.4, 0.5) is 18.0 Å². The predicted octanol–water partition coefficient (Wildman–Crippen LogP) is 2.65. The van der Waals surface area contributed by atoms with E-state index in [1.165, 1.54) is 4.90 Å². The minimum atomic E-state index is -4.58. The van der Waals surface area contributed by atoms with Gasteiger partial charge in [0, 0.05) is 36.0 Å². The normalized spacial score (nSPS) is 32.2. The number of fused-ring (bicyclic) bond motifs is 5. The van der Waals surface area contributed by atoms with E-state index in [0.29, 0.717) is 18.8 Å². The summed E-state index contributed by atoms with van der Waals surface area (Å²) in [6.45, 7) is 2.46. The molecular formula is C15H16F3N3O2S. The summed E-state index contributed by atoms with van der Waals surface area (Å²) in [4.78, 5) is 17.7. The quantitative estimate of drug-likeness (QED) is 0.826. The van der Waals surface area contributed by atoms with Crippen LogP contribution in [0, 0.1) is 18.8 Å². The van der Waals surface area contributed by atoms with Crippen LogP contribution in [0.15, 0.2) is 17.5 Å². The molecular weight excluding hydrogens is 343 g/mol. The van der Waals surface area contributed by atoms with E-state index in [1.54, 1.807) is 12.3 Å². The van der Waals surface area contributed by atoms with Crippen molar-refractivity contribution in [2.75, 3.05) is 13.1 Å². The highest BCUT2D eigenvalue weighted by Crippen LogP contribution is 2.43. The van der Waals surface area contributed by atoms with Crippen LogP contribution < -0.4 is 5.32 Å². The van der Waals surface area contributed by atoms with Gasteiger partial charge in [0.25, 0.3) is 0 Å². The minimum Gasteiger partial charge on any atom is -0.366 e. The first kappa shape index (κ1) is 15.9. The molecule has 5 unspecified atom stereocenters. The van der Waals surface area contributed by atoms with Crippen LogP contribution in [0.5, 0.6) is 0 Å². The number of urea groups is 1. The zero-order chi connectivity index (χ0) is 17.1. The van der Waals surface area contributed by atoms with Gasteiger partial charge in [-0.05, 0) is 6.92 Å². The lowest BCUT2D eigenvalue weighted by atomic mass is 9.86. The number of nitrogens with one attached hydrogen (secondary N) is 1. The number of ether oxygens (including phenoxy) is 1. The molecule has 2 fully saturated rings. The zero-order valence-electron chi connectivity index (χ0n) is 12.8. The van der Waals surface area contributed by atoms with E-state index < -0.39 is 18.2 Å². The average Bonchev–Trinajstić information content (AvgIpc) is 3.24. The van der Waals surface area contributed by atoms with Crippen molar-refractivity contribution < 1.29 is 22.7 Å². The molecule has 24 heavy (non-hydrogen) atoms. The van der Waals surface area contributed by atoms with Gasteiger partial charge < -0.3 is 15.0 Å². The number of nitrogens with zero attached hydrogens (tertiary/aromatic N) is 2. The fourth-order valence-electron chi connectivity index (χ4n) is 3.70. The van der Waals surface area contributed by atoms with Crippen molar-refractivity contribution in [1.29, 1.82) is 0 Å². The standard InChI is InChI=1S/C15H16F3N3O2S/c1-7-6-24-13(19-7)12(15(16,17)18)20-14(22)21-4-8-9(5-21)11-3-2-10(8)23-11/h2-3,6,8-12H,4-5H2,1H3,(H,20,22). The second-order valence-electron chi connectivity index (χ2n) is 6.43. The Kier molecular flexibility index (Phi) is 3.61. The number of aromatic nitrogens is 1. The topological polar surface area (TPSA) is 54.5 Å². The Hall–Kier alpha value is -1.61. The number of hydrogen-bond donors (Lipinski definition) is 1. The van der Waals surface area contributed by atoms with Crippen LogP contribution in [0.2, 0.25) is 0 Å². The summed E-state index contributed by atoms with van der Waals surface area (Å²) < 4.78 is 45.7.